The molecule has 1 aromatic heterocycles. The number of aromatic nitrogens is 1. The van der Waals surface area contributed by atoms with Gasteiger partial charge in [-0.3, -0.25) is 4.79 Å². The molecule has 1 unspecified atom stereocenters. The van der Waals surface area contributed by atoms with Crippen LogP contribution in [0.15, 0.2) is 36.5 Å². The smallest absolute Gasteiger partial charge is 0.302 e. The first-order valence-electron chi connectivity index (χ1n) is 5.37. The Bertz CT molecular complexity index is 501. The fourth-order valence-corrected chi connectivity index (χ4v) is 1.81. The second-order valence-corrected chi connectivity index (χ2v) is 3.93. The molecular weight excluding hydrogens is 202 g/mol. The van der Waals surface area contributed by atoms with E-state index in [4.69, 9.17) is 4.74 Å². The fourth-order valence-electron chi connectivity index (χ4n) is 1.81. The number of benzene rings is 1. The molecule has 1 atom stereocenters. The Hall–Kier alpha value is -1.77. The van der Waals surface area contributed by atoms with Crippen molar-refractivity contribution in [3.8, 4) is 0 Å². The van der Waals surface area contributed by atoms with Crippen LogP contribution in [0.25, 0.3) is 10.9 Å². The van der Waals surface area contributed by atoms with E-state index in [1.54, 1.807) is 0 Å². The molecule has 1 aromatic carbocycles. The molecule has 16 heavy (non-hydrogen) atoms. The SMILES string of the molecule is CC(=O)OCC(C)n1ccc2ccccc21. The number of para-hydroxylation sites is 1. The highest BCUT2D eigenvalue weighted by Crippen LogP contribution is 2.19. The van der Waals surface area contributed by atoms with Crippen molar-refractivity contribution >= 4 is 16.9 Å². The van der Waals surface area contributed by atoms with E-state index >= 15 is 0 Å². The maximum atomic E-state index is 10.7. The number of rotatable bonds is 3. The topological polar surface area (TPSA) is 31.2 Å². The summed E-state index contributed by atoms with van der Waals surface area (Å²) in [6.45, 7) is 3.88. The van der Waals surface area contributed by atoms with Crippen molar-refractivity contribution in [3.05, 3.63) is 36.5 Å². The van der Waals surface area contributed by atoms with E-state index in [1.165, 1.54) is 17.8 Å². The standard InChI is InChI=1S/C13H15NO2/c1-10(9-16-11(2)15)14-8-7-12-5-3-4-6-13(12)14/h3-8,10H,9H2,1-2H3. The second-order valence-electron chi connectivity index (χ2n) is 3.93. The number of carbonyl (C=O) groups excluding carboxylic acids is 1. The van der Waals surface area contributed by atoms with Crippen LogP contribution in [0.5, 0.6) is 0 Å². The third-order valence-corrected chi connectivity index (χ3v) is 2.63. The Morgan fingerprint density at radius 3 is 2.88 bits per heavy atom. The summed E-state index contributed by atoms with van der Waals surface area (Å²) in [5.74, 6) is -0.233. The minimum Gasteiger partial charge on any atom is -0.464 e. The van der Waals surface area contributed by atoms with Gasteiger partial charge in [-0.1, -0.05) is 18.2 Å². The zero-order valence-electron chi connectivity index (χ0n) is 9.51. The highest BCUT2D eigenvalue weighted by Gasteiger charge is 2.08. The molecular formula is C13H15NO2. The molecule has 0 aliphatic carbocycles. The predicted molar refractivity (Wildman–Crippen MR) is 63.3 cm³/mol. The summed E-state index contributed by atoms with van der Waals surface area (Å²) in [5, 5.41) is 1.21. The number of hydrogen-bond donors (Lipinski definition) is 0. The van der Waals surface area contributed by atoms with Crippen LogP contribution in [-0.4, -0.2) is 17.1 Å². The molecule has 3 heteroatoms. The molecule has 0 bridgehead atoms. The van der Waals surface area contributed by atoms with Gasteiger partial charge < -0.3 is 9.30 Å². The third kappa shape index (κ3) is 2.08. The first kappa shape index (κ1) is 10.7. The molecule has 0 radical (unpaired) electrons. The maximum Gasteiger partial charge on any atom is 0.302 e. The van der Waals surface area contributed by atoms with Crippen molar-refractivity contribution in [2.24, 2.45) is 0 Å². The summed E-state index contributed by atoms with van der Waals surface area (Å²) < 4.78 is 7.14. The van der Waals surface area contributed by atoms with Crippen LogP contribution in [0.3, 0.4) is 0 Å². The summed E-state index contributed by atoms with van der Waals surface area (Å²) in [6.07, 6.45) is 2.03. The van der Waals surface area contributed by atoms with Gasteiger partial charge in [0.15, 0.2) is 0 Å². The van der Waals surface area contributed by atoms with Crippen molar-refractivity contribution in [3.63, 3.8) is 0 Å². The molecule has 1 heterocycles. The van der Waals surface area contributed by atoms with Crippen LogP contribution in [0.4, 0.5) is 0 Å². The molecule has 2 rings (SSSR count). The van der Waals surface area contributed by atoms with E-state index in [2.05, 4.69) is 22.8 Å². The normalized spacial score (nSPS) is 12.6. The van der Waals surface area contributed by atoms with Gasteiger partial charge >= 0.3 is 5.97 Å². The molecule has 0 saturated heterocycles. The van der Waals surface area contributed by atoms with E-state index in [1.807, 2.05) is 25.3 Å². The average molecular weight is 217 g/mol. The van der Waals surface area contributed by atoms with E-state index < -0.39 is 0 Å². The maximum absolute atomic E-state index is 10.7. The molecule has 0 fully saturated rings. The number of hydrogen-bond acceptors (Lipinski definition) is 2. The lowest BCUT2D eigenvalue weighted by molar-refractivity contribution is -0.141. The van der Waals surface area contributed by atoms with Gasteiger partial charge in [0.1, 0.15) is 6.61 Å². The monoisotopic (exact) mass is 217 g/mol. The van der Waals surface area contributed by atoms with Crippen molar-refractivity contribution in [2.45, 2.75) is 19.9 Å². The lowest BCUT2D eigenvalue weighted by Crippen LogP contribution is -2.13. The predicted octanol–water partition coefficient (Wildman–Crippen LogP) is 2.77. The first-order chi connectivity index (χ1) is 7.68. The molecule has 0 saturated carbocycles. The highest BCUT2D eigenvalue weighted by molar-refractivity contribution is 5.80. The number of ether oxygens (including phenoxy) is 1. The van der Waals surface area contributed by atoms with Gasteiger partial charge in [-0.2, -0.15) is 0 Å². The third-order valence-electron chi connectivity index (χ3n) is 2.63. The summed E-state index contributed by atoms with van der Waals surface area (Å²) >= 11 is 0. The summed E-state index contributed by atoms with van der Waals surface area (Å²) in [6, 6.07) is 10.4. The molecule has 0 amide bonds. The molecule has 0 spiro atoms. The zero-order chi connectivity index (χ0) is 11.5. The van der Waals surface area contributed by atoms with Crippen LogP contribution < -0.4 is 0 Å². The van der Waals surface area contributed by atoms with Gasteiger partial charge in [-0.05, 0) is 24.4 Å². The van der Waals surface area contributed by atoms with Crippen LogP contribution >= 0.6 is 0 Å². The summed E-state index contributed by atoms with van der Waals surface area (Å²) in [7, 11) is 0. The molecule has 3 nitrogen and oxygen atoms in total. The van der Waals surface area contributed by atoms with E-state index in [-0.39, 0.29) is 12.0 Å². The Morgan fingerprint density at radius 2 is 2.12 bits per heavy atom. The Kier molecular flexibility index (Phi) is 2.95. The quantitative estimate of drug-likeness (QED) is 0.740. The zero-order valence-corrected chi connectivity index (χ0v) is 9.51. The highest BCUT2D eigenvalue weighted by atomic mass is 16.5. The Balaban J connectivity index is 2.22. The average Bonchev–Trinajstić information content (AvgIpc) is 2.69. The molecule has 0 aliphatic rings. The van der Waals surface area contributed by atoms with Gasteiger partial charge in [-0.25, -0.2) is 0 Å². The lowest BCUT2D eigenvalue weighted by Gasteiger charge is -2.14. The number of carbonyl (C=O) groups is 1. The summed E-state index contributed by atoms with van der Waals surface area (Å²) in [5.41, 5.74) is 1.17. The number of fused-ring (bicyclic) bond motifs is 1. The van der Waals surface area contributed by atoms with Crippen LogP contribution in [0.1, 0.15) is 19.9 Å². The van der Waals surface area contributed by atoms with Gasteiger partial charge in [0.2, 0.25) is 0 Å². The van der Waals surface area contributed by atoms with Crippen molar-refractivity contribution in [1.29, 1.82) is 0 Å². The van der Waals surface area contributed by atoms with E-state index in [9.17, 15) is 4.79 Å². The number of esters is 1. The second kappa shape index (κ2) is 4.39. The minimum atomic E-state index is -0.233. The first-order valence-corrected chi connectivity index (χ1v) is 5.37. The van der Waals surface area contributed by atoms with E-state index in [0.717, 1.165) is 0 Å². The van der Waals surface area contributed by atoms with E-state index in [0.29, 0.717) is 6.61 Å². The Morgan fingerprint density at radius 1 is 1.38 bits per heavy atom. The molecule has 84 valence electrons. The van der Waals surface area contributed by atoms with Gasteiger partial charge in [0.25, 0.3) is 0 Å². The van der Waals surface area contributed by atoms with Crippen LogP contribution in [-0.2, 0) is 9.53 Å². The number of nitrogens with zero attached hydrogens (tertiary/aromatic N) is 1. The van der Waals surface area contributed by atoms with Crippen molar-refractivity contribution < 1.29 is 9.53 Å². The van der Waals surface area contributed by atoms with Gasteiger partial charge in [-0.15, -0.1) is 0 Å². The molecule has 2 aromatic rings. The largest absolute Gasteiger partial charge is 0.464 e. The lowest BCUT2D eigenvalue weighted by atomic mass is 10.2. The van der Waals surface area contributed by atoms with Gasteiger partial charge in [0, 0.05) is 18.6 Å². The van der Waals surface area contributed by atoms with Gasteiger partial charge in [0.05, 0.1) is 6.04 Å². The van der Waals surface area contributed by atoms with Crippen molar-refractivity contribution in [1.82, 2.24) is 4.57 Å². The fraction of sp³-hybridized carbons (Fsp3) is 0.308. The minimum absolute atomic E-state index is 0.156. The van der Waals surface area contributed by atoms with Crippen LogP contribution in [0, 0.1) is 0 Å². The molecule has 0 aliphatic heterocycles. The summed E-state index contributed by atoms with van der Waals surface area (Å²) in [4.78, 5) is 10.7. The van der Waals surface area contributed by atoms with Crippen LogP contribution in [0.2, 0.25) is 0 Å². The Labute approximate surface area is 94.6 Å². The van der Waals surface area contributed by atoms with Crippen molar-refractivity contribution in [2.75, 3.05) is 6.61 Å². The molecule has 0 N–H and O–H groups in total.